The monoisotopic (exact) mass is 336 g/mol. The van der Waals surface area contributed by atoms with E-state index < -0.39 is 0 Å². The van der Waals surface area contributed by atoms with Crippen LogP contribution in [0.25, 0.3) is 0 Å². The summed E-state index contributed by atoms with van der Waals surface area (Å²) < 4.78 is 5.80. The summed E-state index contributed by atoms with van der Waals surface area (Å²) in [7, 11) is 0. The lowest BCUT2D eigenvalue weighted by Crippen LogP contribution is -2.36. The maximum Gasteiger partial charge on any atom is 0.316 e. The van der Waals surface area contributed by atoms with E-state index in [1.807, 2.05) is 19.9 Å². The largest absolute Gasteiger partial charge is 0.461 e. The highest BCUT2D eigenvalue weighted by Gasteiger charge is 2.33. The molecule has 0 spiro atoms. The van der Waals surface area contributed by atoms with Crippen molar-refractivity contribution < 1.29 is 9.53 Å². The van der Waals surface area contributed by atoms with E-state index >= 15 is 0 Å². The lowest BCUT2D eigenvalue weighted by molar-refractivity contribution is -0.152. The summed E-state index contributed by atoms with van der Waals surface area (Å²) in [6.45, 7) is 10.6. The second kappa shape index (κ2) is 8.13. The maximum atomic E-state index is 12.2. The molecular weight excluding hydrogens is 308 g/mol. The van der Waals surface area contributed by atoms with Gasteiger partial charge in [-0.3, -0.25) is 4.79 Å². The SMILES string of the molecule is Cc1cc(C)nc(SCC(=O)O[C@H]2C[C@H](C)CC[C@H]2C(C)C)n1. The Morgan fingerprint density at radius 2 is 1.96 bits per heavy atom. The van der Waals surface area contributed by atoms with Crippen LogP contribution in [0.3, 0.4) is 0 Å². The van der Waals surface area contributed by atoms with Crippen molar-refractivity contribution in [3.63, 3.8) is 0 Å². The predicted octanol–water partition coefficient (Wildman–Crippen LogP) is 4.19. The minimum absolute atomic E-state index is 0.0620. The number of thioether (sulfide) groups is 1. The van der Waals surface area contributed by atoms with Gasteiger partial charge in [0.15, 0.2) is 5.16 Å². The van der Waals surface area contributed by atoms with Gasteiger partial charge in [-0.25, -0.2) is 9.97 Å². The molecule has 0 N–H and O–H groups in total. The summed E-state index contributed by atoms with van der Waals surface area (Å²) in [5.41, 5.74) is 1.85. The van der Waals surface area contributed by atoms with Crippen molar-refractivity contribution in [3.05, 3.63) is 17.5 Å². The molecule has 2 rings (SSSR count). The van der Waals surface area contributed by atoms with Crippen LogP contribution >= 0.6 is 11.8 Å². The van der Waals surface area contributed by atoms with Crippen molar-refractivity contribution in [1.29, 1.82) is 0 Å². The number of hydrogen-bond acceptors (Lipinski definition) is 5. The van der Waals surface area contributed by atoms with Crippen LogP contribution in [-0.2, 0) is 9.53 Å². The van der Waals surface area contributed by atoms with Crippen LogP contribution in [0, 0.1) is 31.6 Å². The highest BCUT2D eigenvalue weighted by atomic mass is 32.2. The van der Waals surface area contributed by atoms with E-state index in [0.29, 0.717) is 22.9 Å². The zero-order valence-electron chi connectivity index (χ0n) is 14.8. The van der Waals surface area contributed by atoms with Gasteiger partial charge in [-0.15, -0.1) is 0 Å². The van der Waals surface area contributed by atoms with Crippen LogP contribution < -0.4 is 0 Å². The molecule has 1 aromatic rings. The van der Waals surface area contributed by atoms with E-state index in [2.05, 4.69) is 30.7 Å². The quantitative estimate of drug-likeness (QED) is 0.458. The fourth-order valence-corrected chi connectivity index (χ4v) is 4.07. The second-order valence-corrected chi connectivity index (χ2v) is 8.02. The van der Waals surface area contributed by atoms with Crippen LogP contribution in [0.4, 0.5) is 0 Å². The summed E-state index contributed by atoms with van der Waals surface area (Å²) in [6, 6.07) is 1.93. The van der Waals surface area contributed by atoms with Crippen LogP contribution in [-0.4, -0.2) is 27.8 Å². The molecule has 0 aliphatic heterocycles. The molecule has 3 atom stereocenters. The average Bonchev–Trinajstić information content (AvgIpc) is 2.44. The van der Waals surface area contributed by atoms with Crippen LogP contribution in [0.1, 0.15) is 51.4 Å². The van der Waals surface area contributed by atoms with E-state index in [9.17, 15) is 4.79 Å². The molecule has 23 heavy (non-hydrogen) atoms. The molecule has 1 aliphatic carbocycles. The third-order valence-electron chi connectivity index (χ3n) is 4.53. The second-order valence-electron chi connectivity index (χ2n) is 7.08. The summed E-state index contributed by atoms with van der Waals surface area (Å²) in [6.07, 6.45) is 3.44. The van der Waals surface area contributed by atoms with E-state index in [1.54, 1.807) is 0 Å². The first-order chi connectivity index (χ1) is 10.8. The predicted molar refractivity (Wildman–Crippen MR) is 93.5 cm³/mol. The Hall–Kier alpha value is -1.10. The molecule has 0 radical (unpaired) electrons. The van der Waals surface area contributed by atoms with Gasteiger partial charge in [0.2, 0.25) is 0 Å². The lowest BCUT2D eigenvalue weighted by atomic mass is 9.75. The summed E-state index contributed by atoms with van der Waals surface area (Å²) >= 11 is 1.36. The number of carbonyl (C=O) groups is 1. The fraction of sp³-hybridized carbons (Fsp3) is 0.722. The summed E-state index contributed by atoms with van der Waals surface area (Å²) in [5, 5.41) is 0.650. The standard InChI is InChI=1S/C18H28N2O2S/c1-11(2)15-7-6-12(3)8-16(15)22-17(21)10-23-18-19-13(4)9-14(5)20-18/h9,11-12,15-16H,6-8,10H2,1-5H3/t12-,15+,16+/m1/s1. The zero-order valence-corrected chi connectivity index (χ0v) is 15.7. The molecule has 0 bridgehead atoms. The van der Waals surface area contributed by atoms with Gasteiger partial charge in [0.05, 0.1) is 5.75 Å². The molecule has 4 nitrogen and oxygen atoms in total. The Balaban J connectivity index is 1.90. The third-order valence-corrected chi connectivity index (χ3v) is 5.35. The molecule has 1 aromatic heterocycles. The van der Waals surface area contributed by atoms with E-state index in [-0.39, 0.29) is 17.8 Å². The first-order valence-corrected chi connectivity index (χ1v) is 9.48. The maximum absolute atomic E-state index is 12.2. The van der Waals surface area contributed by atoms with Crippen molar-refractivity contribution in [3.8, 4) is 0 Å². The summed E-state index contributed by atoms with van der Waals surface area (Å²) in [4.78, 5) is 20.9. The van der Waals surface area contributed by atoms with Gasteiger partial charge < -0.3 is 4.74 Å². The number of rotatable bonds is 5. The average molecular weight is 337 g/mol. The molecule has 0 unspecified atom stereocenters. The van der Waals surface area contributed by atoms with E-state index in [1.165, 1.54) is 18.2 Å². The Labute approximate surface area is 143 Å². The minimum atomic E-state index is -0.150. The third kappa shape index (κ3) is 5.48. The Morgan fingerprint density at radius 1 is 1.30 bits per heavy atom. The number of ether oxygens (including phenoxy) is 1. The molecule has 0 aromatic carbocycles. The van der Waals surface area contributed by atoms with E-state index in [4.69, 9.17) is 4.74 Å². The van der Waals surface area contributed by atoms with Gasteiger partial charge in [0, 0.05) is 11.4 Å². The van der Waals surface area contributed by atoms with Crippen LogP contribution in [0.5, 0.6) is 0 Å². The molecular formula is C18H28N2O2S. The highest BCUT2D eigenvalue weighted by molar-refractivity contribution is 7.99. The fourth-order valence-electron chi connectivity index (χ4n) is 3.33. The number of hydrogen-bond donors (Lipinski definition) is 0. The van der Waals surface area contributed by atoms with Gasteiger partial charge >= 0.3 is 5.97 Å². The summed E-state index contributed by atoms with van der Waals surface area (Å²) in [5.74, 6) is 1.80. The van der Waals surface area contributed by atoms with Gasteiger partial charge in [0.25, 0.3) is 0 Å². The first kappa shape index (κ1) is 18.2. The van der Waals surface area contributed by atoms with Crippen molar-refractivity contribution in [2.24, 2.45) is 17.8 Å². The Morgan fingerprint density at radius 3 is 2.57 bits per heavy atom. The Bertz CT molecular complexity index is 528. The molecule has 1 heterocycles. The van der Waals surface area contributed by atoms with Crippen molar-refractivity contribution >= 4 is 17.7 Å². The van der Waals surface area contributed by atoms with Gasteiger partial charge in [-0.1, -0.05) is 39.0 Å². The normalized spacial score (nSPS) is 24.7. The smallest absolute Gasteiger partial charge is 0.316 e. The van der Waals surface area contributed by atoms with Crippen molar-refractivity contribution in [2.45, 2.75) is 65.1 Å². The number of aromatic nitrogens is 2. The number of nitrogens with zero attached hydrogens (tertiary/aromatic N) is 2. The molecule has 1 saturated carbocycles. The van der Waals surface area contributed by atoms with Crippen molar-refractivity contribution in [1.82, 2.24) is 9.97 Å². The first-order valence-electron chi connectivity index (χ1n) is 8.49. The molecule has 5 heteroatoms. The topological polar surface area (TPSA) is 52.1 Å². The van der Waals surface area contributed by atoms with Gasteiger partial charge in [-0.2, -0.15) is 0 Å². The molecule has 128 valence electrons. The van der Waals surface area contributed by atoms with Crippen LogP contribution in [0.2, 0.25) is 0 Å². The molecule has 1 fully saturated rings. The number of esters is 1. The van der Waals surface area contributed by atoms with Gasteiger partial charge in [0.1, 0.15) is 6.10 Å². The zero-order chi connectivity index (χ0) is 17.0. The number of aryl methyl sites for hydroxylation is 2. The Kier molecular flexibility index (Phi) is 6.45. The van der Waals surface area contributed by atoms with Gasteiger partial charge in [-0.05, 0) is 50.5 Å². The minimum Gasteiger partial charge on any atom is -0.461 e. The number of carbonyl (C=O) groups excluding carboxylic acids is 1. The van der Waals surface area contributed by atoms with E-state index in [0.717, 1.165) is 24.2 Å². The van der Waals surface area contributed by atoms with Crippen LogP contribution in [0.15, 0.2) is 11.2 Å². The molecule has 0 saturated heterocycles. The highest BCUT2D eigenvalue weighted by Crippen LogP contribution is 2.35. The molecule has 1 aliphatic rings. The van der Waals surface area contributed by atoms with Crippen molar-refractivity contribution in [2.75, 3.05) is 5.75 Å². The lowest BCUT2D eigenvalue weighted by Gasteiger charge is -2.36. The molecule has 0 amide bonds.